The fourth-order valence-electron chi connectivity index (χ4n) is 0.849. The van der Waals surface area contributed by atoms with Crippen molar-refractivity contribution >= 4 is 33.3 Å². The zero-order valence-electron chi connectivity index (χ0n) is 6.28. The highest BCUT2D eigenvalue weighted by atomic mass is 79.9. The van der Waals surface area contributed by atoms with Crippen LogP contribution in [0, 0.1) is 11.6 Å². The standard InChI is InChI=1S/C8H4BrClF2O/c9-3-6(13)7-4(10)1-2-5(11)8(7)12/h1-2H,3H2. The Labute approximate surface area is 86.8 Å². The first-order chi connectivity index (χ1) is 6.07. The van der Waals surface area contributed by atoms with Crippen molar-refractivity contribution in [1.29, 1.82) is 0 Å². The molecule has 0 N–H and O–H groups in total. The van der Waals surface area contributed by atoms with Crippen molar-refractivity contribution in [2.75, 3.05) is 5.33 Å². The van der Waals surface area contributed by atoms with Crippen LogP contribution in [0.5, 0.6) is 0 Å². The third kappa shape index (κ3) is 2.06. The van der Waals surface area contributed by atoms with E-state index in [2.05, 4.69) is 15.9 Å². The van der Waals surface area contributed by atoms with Crippen LogP contribution in [-0.2, 0) is 0 Å². The van der Waals surface area contributed by atoms with Crippen LogP contribution in [0.25, 0.3) is 0 Å². The minimum Gasteiger partial charge on any atom is -0.293 e. The fourth-order valence-corrected chi connectivity index (χ4v) is 1.38. The number of carbonyl (C=O) groups is 1. The van der Waals surface area contributed by atoms with Gasteiger partial charge in [-0.15, -0.1) is 0 Å². The van der Waals surface area contributed by atoms with Crippen molar-refractivity contribution in [3.63, 3.8) is 0 Å². The lowest BCUT2D eigenvalue weighted by Crippen LogP contribution is -2.06. The van der Waals surface area contributed by atoms with E-state index < -0.39 is 23.0 Å². The van der Waals surface area contributed by atoms with Crippen LogP contribution in [0.1, 0.15) is 10.4 Å². The van der Waals surface area contributed by atoms with Gasteiger partial charge in [0.25, 0.3) is 0 Å². The molecule has 0 spiro atoms. The second kappa shape index (κ2) is 4.15. The van der Waals surface area contributed by atoms with Crippen molar-refractivity contribution < 1.29 is 13.6 Å². The van der Waals surface area contributed by atoms with Gasteiger partial charge in [0.15, 0.2) is 17.4 Å². The maximum Gasteiger partial charge on any atom is 0.177 e. The quantitative estimate of drug-likeness (QED) is 0.458. The Morgan fingerprint density at radius 2 is 2.08 bits per heavy atom. The van der Waals surface area contributed by atoms with Crippen LogP contribution in [0.2, 0.25) is 5.02 Å². The summed E-state index contributed by atoms with van der Waals surface area (Å²) in [5, 5.41) is -0.170. The molecule has 0 fully saturated rings. The lowest BCUT2D eigenvalue weighted by atomic mass is 10.1. The summed E-state index contributed by atoms with van der Waals surface area (Å²) in [6, 6.07) is 2.03. The topological polar surface area (TPSA) is 17.1 Å². The molecule has 0 aliphatic rings. The van der Waals surface area contributed by atoms with Crippen LogP contribution in [0.15, 0.2) is 12.1 Å². The van der Waals surface area contributed by atoms with Crippen molar-refractivity contribution in [3.05, 3.63) is 34.4 Å². The number of alkyl halides is 1. The van der Waals surface area contributed by atoms with Gasteiger partial charge in [-0.05, 0) is 12.1 Å². The molecule has 0 unspecified atom stereocenters. The van der Waals surface area contributed by atoms with E-state index in [-0.39, 0.29) is 10.4 Å². The zero-order valence-corrected chi connectivity index (χ0v) is 8.62. The molecule has 0 radical (unpaired) electrons. The van der Waals surface area contributed by atoms with Gasteiger partial charge in [0.2, 0.25) is 0 Å². The minimum atomic E-state index is -1.20. The van der Waals surface area contributed by atoms with Gasteiger partial charge in [-0.1, -0.05) is 27.5 Å². The molecule has 0 saturated heterocycles. The van der Waals surface area contributed by atoms with Crippen LogP contribution >= 0.6 is 27.5 Å². The normalized spacial score (nSPS) is 10.2. The number of Topliss-reactive ketones (excluding diaryl/α,β-unsaturated/α-hetero) is 1. The molecular formula is C8H4BrClF2O. The van der Waals surface area contributed by atoms with E-state index in [1.54, 1.807) is 0 Å². The van der Waals surface area contributed by atoms with Crippen molar-refractivity contribution in [2.24, 2.45) is 0 Å². The molecule has 0 saturated carbocycles. The van der Waals surface area contributed by atoms with Gasteiger partial charge in [0.05, 0.1) is 15.9 Å². The molecule has 0 amide bonds. The van der Waals surface area contributed by atoms with Crippen molar-refractivity contribution in [1.82, 2.24) is 0 Å². The van der Waals surface area contributed by atoms with Gasteiger partial charge in [-0.2, -0.15) is 0 Å². The van der Waals surface area contributed by atoms with Crippen molar-refractivity contribution in [3.8, 4) is 0 Å². The summed E-state index contributed by atoms with van der Waals surface area (Å²) in [4.78, 5) is 11.1. The molecule has 13 heavy (non-hydrogen) atoms. The third-order valence-electron chi connectivity index (χ3n) is 1.44. The third-order valence-corrected chi connectivity index (χ3v) is 2.27. The van der Waals surface area contributed by atoms with E-state index in [0.29, 0.717) is 0 Å². The lowest BCUT2D eigenvalue weighted by Gasteiger charge is -2.02. The summed E-state index contributed by atoms with van der Waals surface area (Å²) in [5.74, 6) is -2.85. The van der Waals surface area contributed by atoms with E-state index in [0.717, 1.165) is 12.1 Å². The van der Waals surface area contributed by atoms with Gasteiger partial charge < -0.3 is 0 Å². The number of hydrogen-bond donors (Lipinski definition) is 0. The van der Waals surface area contributed by atoms with E-state index in [9.17, 15) is 13.6 Å². The fraction of sp³-hybridized carbons (Fsp3) is 0.125. The largest absolute Gasteiger partial charge is 0.293 e. The Kier molecular flexibility index (Phi) is 3.39. The van der Waals surface area contributed by atoms with Crippen LogP contribution < -0.4 is 0 Å². The molecule has 0 heterocycles. The Hall–Kier alpha value is -0.480. The van der Waals surface area contributed by atoms with E-state index in [4.69, 9.17) is 11.6 Å². The summed E-state index contributed by atoms with van der Waals surface area (Å²) in [6.07, 6.45) is 0. The number of rotatable bonds is 2. The molecule has 1 aromatic carbocycles. The highest BCUT2D eigenvalue weighted by Gasteiger charge is 2.18. The Balaban J connectivity index is 3.33. The second-order valence-electron chi connectivity index (χ2n) is 2.27. The van der Waals surface area contributed by atoms with Crippen LogP contribution in [0.4, 0.5) is 8.78 Å². The number of hydrogen-bond acceptors (Lipinski definition) is 1. The molecule has 1 rings (SSSR count). The summed E-state index contributed by atoms with van der Waals surface area (Å²) in [6.45, 7) is 0. The minimum absolute atomic E-state index is 0.0802. The number of halogens is 4. The highest BCUT2D eigenvalue weighted by molar-refractivity contribution is 9.09. The smallest absolute Gasteiger partial charge is 0.177 e. The predicted octanol–water partition coefficient (Wildman–Crippen LogP) is 3.20. The zero-order chi connectivity index (χ0) is 10.0. The molecule has 5 heteroatoms. The summed E-state index contributed by atoms with van der Waals surface area (Å²) in [5.41, 5.74) is -0.404. The van der Waals surface area contributed by atoms with E-state index in [1.807, 2.05) is 0 Å². The Morgan fingerprint density at radius 3 is 2.62 bits per heavy atom. The molecule has 0 atom stereocenters. The van der Waals surface area contributed by atoms with Gasteiger partial charge in [0, 0.05) is 0 Å². The molecule has 1 aromatic rings. The molecule has 1 nitrogen and oxygen atoms in total. The maximum absolute atomic E-state index is 13.0. The summed E-state index contributed by atoms with van der Waals surface area (Å²) >= 11 is 8.37. The number of carbonyl (C=O) groups excluding carboxylic acids is 1. The summed E-state index contributed by atoms with van der Waals surface area (Å²) in [7, 11) is 0. The highest BCUT2D eigenvalue weighted by Crippen LogP contribution is 2.22. The van der Waals surface area contributed by atoms with Gasteiger partial charge in [-0.3, -0.25) is 4.79 Å². The molecule has 0 aliphatic carbocycles. The number of benzene rings is 1. The first kappa shape index (κ1) is 10.6. The first-order valence-electron chi connectivity index (χ1n) is 3.30. The van der Waals surface area contributed by atoms with E-state index >= 15 is 0 Å². The monoisotopic (exact) mass is 268 g/mol. The van der Waals surface area contributed by atoms with E-state index in [1.165, 1.54) is 0 Å². The average Bonchev–Trinajstić information content (AvgIpc) is 2.12. The predicted molar refractivity (Wildman–Crippen MR) is 49.5 cm³/mol. The van der Waals surface area contributed by atoms with Crippen molar-refractivity contribution in [2.45, 2.75) is 0 Å². The van der Waals surface area contributed by atoms with Crippen LogP contribution in [0.3, 0.4) is 0 Å². The van der Waals surface area contributed by atoms with Gasteiger partial charge in [-0.25, -0.2) is 8.78 Å². The molecule has 0 bridgehead atoms. The maximum atomic E-state index is 13.0. The number of ketones is 1. The second-order valence-corrected chi connectivity index (χ2v) is 3.24. The lowest BCUT2D eigenvalue weighted by molar-refractivity contribution is 0.101. The molecule has 0 aromatic heterocycles. The molecule has 70 valence electrons. The summed E-state index contributed by atoms with van der Waals surface area (Å²) < 4.78 is 25.7. The Morgan fingerprint density at radius 1 is 1.46 bits per heavy atom. The SMILES string of the molecule is O=C(CBr)c1c(Cl)ccc(F)c1F. The Bertz CT molecular complexity index is 354. The average molecular weight is 269 g/mol. The van der Waals surface area contributed by atoms with Gasteiger partial charge >= 0.3 is 0 Å². The molecule has 0 aliphatic heterocycles. The first-order valence-corrected chi connectivity index (χ1v) is 4.80. The molecular weight excluding hydrogens is 265 g/mol. The van der Waals surface area contributed by atoms with Crippen LogP contribution in [-0.4, -0.2) is 11.1 Å². The van der Waals surface area contributed by atoms with Gasteiger partial charge in [0.1, 0.15) is 0 Å².